The maximum absolute atomic E-state index is 14.1. The third kappa shape index (κ3) is 7.95. The lowest BCUT2D eigenvalue weighted by Crippen LogP contribution is -2.54. The molecular weight excluding hydrogens is 590 g/mol. The maximum Gasteiger partial charge on any atom is 0.264 e. The topological polar surface area (TPSA) is 86.8 Å². The van der Waals surface area contributed by atoms with Crippen LogP contribution in [0.5, 0.6) is 0 Å². The van der Waals surface area contributed by atoms with Crippen molar-refractivity contribution in [3.05, 3.63) is 93.5 Å². The zero-order valence-corrected chi connectivity index (χ0v) is 26.6. The van der Waals surface area contributed by atoms with E-state index >= 15 is 0 Å². The van der Waals surface area contributed by atoms with Gasteiger partial charge in [0.05, 0.1) is 10.6 Å². The molecular formula is C31H38BrN3O4S. The Bertz CT molecular complexity index is 1460. The largest absolute Gasteiger partial charge is 0.350 e. The summed E-state index contributed by atoms with van der Waals surface area (Å²) >= 11 is 3.43. The second kappa shape index (κ2) is 12.6. The minimum absolute atomic E-state index is 0.0869. The van der Waals surface area contributed by atoms with Crippen LogP contribution in [0.2, 0.25) is 0 Å². The van der Waals surface area contributed by atoms with Crippen LogP contribution in [0.3, 0.4) is 0 Å². The molecule has 0 unspecified atom stereocenters. The first kappa shape index (κ1) is 31.4. The summed E-state index contributed by atoms with van der Waals surface area (Å²) in [5.41, 5.74) is 3.34. The minimum Gasteiger partial charge on any atom is -0.350 e. The highest BCUT2D eigenvalue weighted by atomic mass is 79.9. The van der Waals surface area contributed by atoms with E-state index in [4.69, 9.17) is 0 Å². The van der Waals surface area contributed by atoms with Crippen LogP contribution < -0.4 is 9.62 Å². The molecule has 0 aliphatic carbocycles. The summed E-state index contributed by atoms with van der Waals surface area (Å²) in [6.45, 7) is 12.6. The first-order chi connectivity index (χ1) is 18.6. The summed E-state index contributed by atoms with van der Waals surface area (Å²) in [7, 11) is -4.11. The van der Waals surface area contributed by atoms with Crippen LogP contribution in [0.25, 0.3) is 0 Å². The average molecular weight is 629 g/mol. The lowest BCUT2D eigenvalue weighted by Gasteiger charge is -2.34. The van der Waals surface area contributed by atoms with E-state index < -0.39 is 34.1 Å². The van der Waals surface area contributed by atoms with E-state index in [-0.39, 0.29) is 17.3 Å². The second-order valence-electron chi connectivity index (χ2n) is 11.2. The second-order valence-corrected chi connectivity index (χ2v) is 14.0. The summed E-state index contributed by atoms with van der Waals surface area (Å²) in [6.07, 6.45) is 0. The number of carbonyl (C=O) groups is 2. The van der Waals surface area contributed by atoms with Crippen LogP contribution in [0.1, 0.15) is 49.9 Å². The quantitative estimate of drug-likeness (QED) is 0.320. The van der Waals surface area contributed by atoms with Gasteiger partial charge in [-0.05, 0) is 89.9 Å². The van der Waals surface area contributed by atoms with E-state index in [9.17, 15) is 18.0 Å². The molecule has 0 fully saturated rings. The summed E-state index contributed by atoms with van der Waals surface area (Å²) < 4.78 is 30.0. The molecule has 1 N–H and O–H groups in total. The van der Waals surface area contributed by atoms with Gasteiger partial charge in [0.15, 0.2) is 0 Å². The Morgan fingerprint density at radius 1 is 0.900 bits per heavy atom. The highest BCUT2D eigenvalue weighted by molar-refractivity contribution is 9.10. The number of rotatable bonds is 9. The number of amides is 2. The molecule has 0 aliphatic rings. The molecule has 0 saturated carbocycles. The van der Waals surface area contributed by atoms with E-state index in [0.29, 0.717) is 5.69 Å². The molecule has 3 aromatic rings. The minimum atomic E-state index is -4.11. The number of benzene rings is 3. The molecule has 1 atom stereocenters. The number of aryl methyl sites for hydroxylation is 3. The molecule has 0 radical (unpaired) electrons. The maximum atomic E-state index is 14.1. The van der Waals surface area contributed by atoms with Crippen molar-refractivity contribution in [2.45, 2.75) is 71.5 Å². The van der Waals surface area contributed by atoms with E-state index in [2.05, 4.69) is 21.2 Å². The van der Waals surface area contributed by atoms with Crippen LogP contribution in [-0.2, 0) is 26.2 Å². The summed E-state index contributed by atoms with van der Waals surface area (Å²) in [4.78, 5) is 28.8. The Morgan fingerprint density at radius 2 is 1.48 bits per heavy atom. The van der Waals surface area contributed by atoms with Crippen LogP contribution in [0.4, 0.5) is 5.69 Å². The van der Waals surface area contributed by atoms with Crippen LogP contribution >= 0.6 is 15.9 Å². The predicted octanol–water partition coefficient (Wildman–Crippen LogP) is 5.90. The van der Waals surface area contributed by atoms with Gasteiger partial charge in [0, 0.05) is 16.6 Å². The van der Waals surface area contributed by atoms with Crippen molar-refractivity contribution >= 4 is 43.5 Å². The van der Waals surface area contributed by atoms with Gasteiger partial charge >= 0.3 is 0 Å². The highest BCUT2D eigenvalue weighted by Gasteiger charge is 2.33. The van der Waals surface area contributed by atoms with Crippen molar-refractivity contribution < 1.29 is 18.0 Å². The predicted molar refractivity (Wildman–Crippen MR) is 164 cm³/mol. The van der Waals surface area contributed by atoms with Crippen molar-refractivity contribution in [1.29, 1.82) is 0 Å². The molecule has 0 bridgehead atoms. The number of hydrogen-bond acceptors (Lipinski definition) is 4. The fraction of sp³-hybridized carbons (Fsp3) is 0.355. The molecule has 0 aliphatic heterocycles. The number of nitrogens with zero attached hydrogens (tertiary/aromatic N) is 2. The molecule has 0 saturated heterocycles. The summed E-state index contributed by atoms with van der Waals surface area (Å²) in [5, 5.41) is 2.94. The monoisotopic (exact) mass is 627 g/mol. The molecule has 0 spiro atoms. The van der Waals surface area contributed by atoms with Crippen LogP contribution in [0.15, 0.2) is 76.1 Å². The van der Waals surface area contributed by atoms with Gasteiger partial charge in [-0.1, -0.05) is 63.5 Å². The van der Waals surface area contributed by atoms with E-state index in [0.717, 1.165) is 31.0 Å². The normalized spacial score (nSPS) is 12.5. The van der Waals surface area contributed by atoms with Crippen molar-refractivity contribution in [3.63, 3.8) is 0 Å². The number of nitrogens with one attached hydrogen (secondary N) is 1. The third-order valence-electron chi connectivity index (χ3n) is 6.44. The van der Waals surface area contributed by atoms with Gasteiger partial charge < -0.3 is 10.2 Å². The Morgan fingerprint density at radius 3 is 2.02 bits per heavy atom. The number of hydrogen-bond donors (Lipinski definition) is 1. The van der Waals surface area contributed by atoms with Gasteiger partial charge in [-0.15, -0.1) is 0 Å². The van der Waals surface area contributed by atoms with Gasteiger partial charge in [0.2, 0.25) is 11.8 Å². The molecule has 7 nitrogen and oxygen atoms in total. The molecule has 40 heavy (non-hydrogen) atoms. The Balaban J connectivity index is 2.07. The Hall–Kier alpha value is -3.17. The summed E-state index contributed by atoms with van der Waals surface area (Å²) in [5.74, 6) is -0.812. The SMILES string of the molecule is Cc1ccc(S(=O)(=O)N(CC(=O)N(Cc2ccc(Br)cc2)[C@@H](C)C(=O)NC(C)(C)C)c2ccc(C)cc2C)cc1. The van der Waals surface area contributed by atoms with Gasteiger partial charge in [0.1, 0.15) is 12.6 Å². The Labute approximate surface area is 246 Å². The zero-order valence-electron chi connectivity index (χ0n) is 24.2. The number of halogens is 1. The first-order valence-corrected chi connectivity index (χ1v) is 15.3. The van der Waals surface area contributed by atoms with Crippen molar-refractivity contribution in [2.24, 2.45) is 0 Å². The average Bonchev–Trinajstić information content (AvgIpc) is 2.86. The molecule has 9 heteroatoms. The van der Waals surface area contributed by atoms with Crippen LogP contribution in [-0.4, -0.2) is 43.3 Å². The molecule has 214 valence electrons. The zero-order chi connectivity index (χ0) is 29.8. The van der Waals surface area contributed by atoms with Crippen LogP contribution in [0, 0.1) is 20.8 Å². The lowest BCUT2D eigenvalue weighted by atomic mass is 10.1. The Kier molecular flexibility index (Phi) is 9.85. The number of sulfonamides is 1. The van der Waals surface area contributed by atoms with Gasteiger partial charge in [-0.2, -0.15) is 0 Å². The molecule has 2 amide bonds. The fourth-order valence-electron chi connectivity index (χ4n) is 4.28. The molecule has 3 aromatic carbocycles. The van der Waals surface area contributed by atoms with E-state index in [1.165, 1.54) is 4.90 Å². The molecule has 0 heterocycles. The smallest absolute Gasteiger partial charge is 0.264 e. The highest BCUT2D eigenvalue weighted by Crippen LogP contribution is 2.28. The summed E-state index contributed by atoms with van der Waals surface area (Å²) in [6, 6.07) is 18.6. The van der Waals surface area contributed by atoms with Gasteiger partial charge in [0.25, 0.3) is 10.0 Å². The van der Waals surface area contributed by atoms with Crippen molar-refractivity contribution in [2.75, 3.05) is 10.8 Å². The van der Waals surface area contributed by atoms with Gasteiger partial charge in [-0.3, -0.25) is 13.9 Å². The van der Waals surface area contributed by atoms with Crippen molar-refractivity contribution in [3.8, 4) is 0 Å². The van der Waals surface area contributed by atoms with Gasteiger partial charge in [-0.25, -0.2) is 8.42 Å². The van der Waals surface area contributed by atoms with Crippen molar-refractivity contribution in [1.82, 2.24) is 10.2 Å². The number of anilines is 1. The lowest BCUT2D eigenvalue weighted by molar-refractivity contribution is -0.140. The third-order valence-corrected chi connectivity index (χ3v) is 8.74. The number of carbonyl (C=O) groups excluding carboxylic acids is 2. The molecule has 3 rings (SSSR count). The first-order valence-electron chi connectivity index (χ1n) is 13.1. The molecule has 0 aromatic heterocycles. The fourth-order valence-corrected chi connectivity index (χ4v) is 6.02. The van der Waals surface area contributed by atoms with E-state index in [1.807, 2.05) is 77.9 Å². The van der Waals surface area contributed by atoms with E-state index in [1.54, 1.807) is 37.3 Å². The standard InChI is InChI=1S/C31H38BrN3O4S/c1-21-8-15-27(16-9-21)40(38,39)35(28-17-10-22(2)18-23(28)3)20-29(36)34(19-25-11-13-26(32)14-12-25)24(4)30(37)33-31(5,6)7/h8-18,24H,19-20H2,1-7H3,(H,33,37)/t24-/m0/s1.